The zero-order valence-corrected chi connectivity index (χ0v) is 22.9. The Bertz CT molecular complexity index is 842. The van der Waals surface area contributed by atoms with Crippen molar-refractivity contribution in [2.45, 2.75) is 25.3 Å². The quantitative estimate of drug-likeness (QED) is 0.325. The number of benzene rings is 1. The van der Waals surface area contributed by atoms with Crippen LogP contribution < -0.4 is 0 Å². The summed E-state index contributed by atoms with van der Waals surface area (Å²) in [6.45, 7) is 5.70. The fraction of sp³-hybridized carbons (Fsp3) is 0.667. The summed E-state index contributed by atoms with van der Waals surface area (Å²) < 4.78 is 0. The van der Waals surface area contributed by atoms with Crippen LogP contribution in [0.3, 0.4) is 0 Å². The number of carboxylic acid groups (broad SMARTS) is 3. The Morgan fingerprint density at radius 2 is 1.26 bits per heavy atom. The molecule has 1 fully saturated rings. The van der Waals surface area contributed by atoms with Gasteiger partial charge in [0.25, 0.3) is 0 Å². The van der Waals surface area contributed by atoms with E-state index in [2.05, 4.69) is 33.9 Å². The van der Waals surface area contributed by atoms with Gasteiger partial charge in [-0.25, -0.2) is 0 Å². The topological polar surface area (TPSA) is 128 Å². The number of rotatable bonds is 13. The Labute approximate surface area is 226 Å². The molecule has 0 radical (unpaired) electrons. The van der Waals surface area contributed by atoms with E-state index >= 15 is 0 Å². The van der Waals surface area contributed by atoms with E-state index in [4.69, 9.17) is 0 Å². The molecule has 3 N–H and O–H groups in total. The van der Waals surface area contributed by atoms with Crippen LogP contribution in [0.4, 0.5) is 0 Å². The molecule has 1 atom stereocenters. The van der Waals surface area contributed by atoms with Crippen LogP contribution in [0.5, 0.6) is 0 Å². The molecule has 1 aromatic carbocycles. The van der Waals surface area contributed by atoms with Gasteiger partial charge in [0.05, 0.1) is 19.6 Å². The average molecular weight is 536 g/mol. The fourth-order valence-corrected chi connectivity index (χ4v) is 4.76. The molecule has 11 heteroatoms. The minimum Gasteiger partial charge on any atom is -0.480 e. The van der Waals surface area contributed by atoms with Crippen molar-refractivity contribution in [1.29, 1.82) is 0 Å². The summed E-state index contributed by atoms with van der Waals surface area (Å²) >= 11 is 0. The van der Waals surface area contributed by atoms with E-state index in [1.807, 2.05) is 30.1 Å². The first-order valence-corrected chi connectivity index (χ1v) is 13.4. The molecule has 1 unspecified atom stereocenters. The van der Waals surface area contributed by atoms with Crippen molar-refractivity contribution in [2.24, 2.45) is 0 Å². The Morgan fingerprint density at radius 1 is 0.763 bits per heavy atom. The highest BCUT2D eigenvalue weighted by atomic mass is 16.4. The van der Waals surface area contributed by atoms with Crippen LogP contribution in [0.15, 0.2) is 30.3 Å². The zero-order valence-electron chi connectivity index (χ0n) is 22.9. The molecule has 0 saturated carbocycles. The van der Waals surface area contributed by atoms with Gasteiger partial charge in [0.2, 0.25) is 0 Å². The molecule has 0 aromatic heterocycles. The van der Waals surface area contributed by atoms with Gasteiger partial charge in [-0.1, -0.05) is 30.3 Å². The lowest BCUT2D eigenvalue weighted by Crippen LogP contribution is -2.51. The Hall–Kier alpha value is -2.57. The summed E-state index contributed by atoms with van der Waals surface area (Å²) in [5.41, 5.74) is 1.19. The van der Waals surface area contributed by atoms with E-state index in [-0.39, 0.29) is 25.7 Å². The van der Waals surface area contributed by atoms with Gasteiger partial charge in [-0.3, -0.25) is 29.1 Å². The first-order chi connectivity index (χ1) is 18.1. The molecule has 2 rings (SSSR count). The maximum atomic E-state index is 11.6. The summed E-state index contributed by atoms with van der Waals surface area (Å²) in [7, 11) is 4.12. The lowest BCUT2D eigenvalue weighted by atomic mass is 10.0. The van der Waals surface area contributed by atoms with Gasteiger partial charge >= 0.3 is 17.9 Å². The van der Waals surface area contributed by atoms with Gasteiger partial charge in [0, 0.05) is 64.9 Å². The largest absolute Gasteiger partial charge is 0.480 e. The van der Waals surface area contributed by atoms with Crippen molar-refractivity contribution < 1.29 is 29.7 Å². The monoisotopic (exact) mass is 535 g/mol. The van der Waals surface area contributed by atoms with Gasteiger partial charge in [0.15, 0.2) is 0 Å². The predicted octanol–water partition coefficient (Wildman–Crippen LogP) is 0.415. The number of carbonyl (C=O) groups is 3. The molecule has 1 saturated heterocycles. The van der Waals surface area contributed by atoms with Gasteiger partial charge < -0.3 is 25.1 Å². The van der Waals surface area contributed by atoms with E-state index in [1.54, 1.807) is 4.90 Å². The Balaban J connectivity index is 2.19. The molecular formula is C27H45N5O6. The van der Waals surface area contributed by atoms with E-state index in [9.17, 15) is 29.7 Å². The standard InChI is InChI=1S/C27H45N5O6/c1-28-11-12-29(2)14-16-31(20-25(33)34)18-17-30(15-13-28)19-24(32(21-26(35)36)22-27(37)38)10-6-9-23-7-4-3-5-8-23/h3-5,7-8,24H,6,9-22H2,1-2H3,(H,33,34)(H,35,36)(H,37,38). The van der Waals surface area contributed by atoms with E-state index in [1.165, 1.54) is 5.56 Å². The predicted molar refractivity (Wildman–Crippen MR) is 146 cm³/mol. The van der Waals surface area contributed by atoms with Crippen LogP contribution in [0.2, 0.25) is 0 Å². The van der Waals surface area contributed by atoms with Crippen LogP contribution in [0.25, 0.3) is 0 Å². The van der Waals surface area contributed by atoms with Crippen LogP contribution in [0, 0.1) is 0 Å². The van der Waals surface area contributed by atoms with E-state index in [0.717, 1.165) is 45.6 Å². The highest BCUT2D eigenvalue weighted by Gasteiger charge is 2.26. The number of hydrogen-bond donors (Lipinski definition) is 3. The third-order valence-electron chi connectivity index (χ3n) is 7.06. The highest BCUT2D eigenvalue weighted by molar-refractivity contribution is 5.72. The minimum absolute atomic E-state index is 0.0355. The maximum Gasteiger partial charge on any atom is 0.317 e. The van der Waals surface area contributed by atoms with E-state index < -0.39 is 17.9 Å². The van der Waals surface area contributed by atoms with Crippen molar-refractivity contribution in [2.75, 3.05) is 92.6 Å². The second-order valence-corrected chi connectivity index (χ2v) is 10.3. The van der Waals surface area contributed by atoms with Crippen LogP contribution in [0.1, 0.15) is 18.4 Å². The van der Waals surface area contributed by atoms with Crippen LogP contribution in [-0.2, 0) is 20.8 Å². The average Bonchev–Trinajstić information content (AvgIpc) is 2.85. The summed E-state index contributed by atoms with van der Waals surface area (Å²) in [5.74, 6) is -2.96. The summed E-state index contributed by atoms with van der Waals surface area (Å²) in [5, 5.41) is 28.4. The molecule has 0 spiro atoms. The normalized spacial score (nSPS) is 18.5. The van der Waals surface area contributed by atoms with Gasteiger partial charge in [-0.2, -0.15) is 0 Å². The minimum atomic E-state index is -1.05. The second kappa shape index (κ2) is 17.1. The van der Waals surface area contributed by atoms with Gasteiger partial charge in [0.1, 0.15) is 0 Å². The van der Waals surface area contributed by atoms with E-state index in [0.29, 0.717) is 32.6 Å². The van der Waals surface area contributed by atoms with Crippen molar-refractivity contribution >= 4 is 17.9 Å². The first-order valence-electron chi connectivity index (χ1n) is 13.4. The lowest BCUT2D eigenvalue weighted by molar-refractivity contribution is -0.143. The number of hydrogen-bond acceptors (Lipinski definition) is 8. The molecule has 0 aliphatic carbocycles. The zero-order chi connectivity index (χ0) is 27.9. The molecule has 1 aromatic rings. The summed E-state index contributed by atoms with van der Waals surface area (Å²) in [6.07, 6.45) is 2.29. The molecular weight excluding hydrogens is 490 g/mol. The van der Waals surface area contributed by atoms with Gasteiger partial charge in [-0.05, 0) is 38.9 Å². The summed E-state index contributed by atoms with van der Waals surface area (Å²) in [6, 6.07) is 9.80. The first kappa shape index (κ1) is 31.6. The fourth-order valence-electron chi connectivity index (χ4n) is 4.76. The highest BCUT2D eigenvalue weighted by Crippen LogP contribution is 2.14. The number of carboxylic acids is 3. The molecule has 1 aliphatic rings. The van der Waals surface area contributed by atoms with Crippen LogP contribution in [-0.4, -0.2) is 156 Å². The summed E-state index contributed by atoms with van der Waals surface area (Å²) in [4.78, 5) is 44.9. The number of aliphatic carboxylic acids is 3. The lowest BCUT2D eigenvalue weighted by Gasteiger charge is -2.36. The van der Waals surface area contributed by atoms with Crippen LogP contribution >= 0.6 is 0 Å². The Morgan fingerprint density at radius 3 is 1.82 bits per heavy atom. The van der Waals surface area contributed by atoms with Crippen molar-refractivity contribution in [3.63, 3.8) is 0 Å². The molecule has 0 bridgehead atoms. The van der Waals surface area contributed by atoms with Gasteiger partial charge in [-0.15, -0.1) is 0 Å². The van der Waals surface area contributed by atoms with Crippen molar-refractivity contribution in [3.05, 3.63) is 35.9 Å². The molecule has 1 aliphatic heterocycles. The molecule has 38 heavy (non-hydrogen) atoms. The molecule has 0 amide bonds. The molecule has 1 heterocycles. The van der Waals surface area contributed by atoms with Crippen molar-refractivity contribution in [3.8, 4) is 0 Å². The maximum absolute atomic E-state index is 11.6. The molecule has 214 valence electrons. The SMILES string of the molecule is CN1CCN(C)CCN(CC(CCCc2ccccc2)N(CC(=O)O)CC(=O)O)CCN(CC(=O)O)CC1. The number of aryl methyl sites for hydroxylation is 1. The third kappa shape index (κ3) is 13.3. The number of nitrogens with zero attached hydrogens (tertiary/aromatic N) is 5. The third-order valence-corrected chi connectivity index (χ3v) is 7.06. The smallest absolute Gasteiger partial charge is 0.317 e. The van der Waals surface area contributed by atoms with Crippen molar-refractivity contribution in [1.82, 2.24) is 24.5 Å². The molecule has 11 nitrogen and oxygen atoms in total. The second-order valence-electron chi connectivity index (χ2n) is 10.3. The number of likely N-dealkylation sites (N-methyl/N-ethyl adjacent to an activating group) is 2. The Kier molecular flexibility index (Phi) is 14.2.